The number of amides is 2. The van der Waals surface area contributed by atoms with Crippen LogP contribution in [0, 0.1) is 0 Å². The van der Waals surface area contributed by atoms with Crippen molar-refractivity contribution in [1.29, 1.82) is 0 Å². The van der Waals surface area contributed by atoms with Gasteiger partial charge in [0.2, 0.25) is 0 Å². The van der Waals surface area contributed by atoms with Crippen LogP contribution in [0.4, 0.5) is 4.79 Å². The van der Waals surface area contributed by atoms with Gasteiger partial charge in [0.25, 0.3) is 5.91 Å². The van der Waals surface area contributed by atoms with Crippen molar-refractivity contribution >= 4 is 22.9 Å². The number of methoxy groups -OCH3 is 1. The van der Waals surface area contributed by atoms with Crippen LogP contribution in [0.5, 0.6) is 5.75 Å². The topological polar surface area (TPSA) is 46.6 Å². The second-order valence-corrected chi connectivity index (χ2v) is 3.17. The van der Waals surface area contributed by atoms with E-state index in [1.165, 1.54) is 14.2 Å². The maximum absolute atomic E-state index is 11.6. The maximum Gasteiger partial charge on any atom is 0.323 e. The molecule has 0 spiro atoms. The van der Waals surface area contributed by atoms with E-state index >= 15 is 0 Å². The molecule has 0 saturated heterocycles. The highest BCUT2D eigenvalue weighted by Gasteiger charge is 2.16. The summed E-state index contributed by atoms with van der Waals surface area (Å²) in [5.74, 6) is 0.198. The molecule has 0 saturated carbocycles. The number of benzene rings is 1. The lowest BCUT2D eigenvalue weighted by Gasteiger charge is -2.11. The van der Waals surface area contributed by atoms with E-state index in [4.69, 9.17) is 16.3 Å². The van der Waals surface area contributed by atoms with Gasteiger partial charge in [0, 0.05) is 12.6 Å². The fourth-order valence-electron chi connectivity index (χ4n) is 1.01. The number of hydrogen-bond donors (Lipinski definition) is 0. The maximum atomic E-state index is 11.6. The van der Waals surface area contributed by atoms with E-state index in [9.17, 15) is 9.59 Å². The van der Waals surface area contributed by atoms with E-state index in [0.717, 1.165) is 4.90 Å². The number of carbonyl (C=O) groups excluding carboxylic acids is 2. The van der Waals surface area contributed by atoms with Gasteiger partial charge < -0.3 is 4.74 Å². The molecule has 5 heteroatoms. The molecule has 1 rings (SSSR count). The first-order valence-electron chi connectivity index (χ1n) is 4.18. The van der Waals surface area contributed by atoms with Gasteiger partial charge in [0.1, 0.15) is 5.75 Å². The largest absolute Gasteiger partial charge is 0.497 e. The minimum absolute atomic E-state index is 0.382. The molecule has 15 heavy (non-hydrogen) atoms. The summed E-state index contributed by atoms with van der Waals surface area (Å²) in [4.78, 5) is 23.1. The fourth-order valence-corrected chi connectivity index (χ4v) is 1.08. The van der Waals surface area contributed by atoms with Crippen molar-refractivity contribution in [1.82, 2.24) is 4.90 Å². The lowest BCUT2D eigenvalue weighted by Crippen LogP contribution is -2.28. The third kappa shape index (κ3) is 2.70. The Balaban J connectivity index is 2.87. The van der Waals surface area contributed by atoms with Crippen LogP contribution in [0.25, 0.3) is 0 Å². The van der Waals surface area contributed by atoms with Gasteiger partial charge in [-0.1, -0.05) is 0 Å². The zero-order valence-corrected chi connectivity index (χ0v) is 9.12. The Bertz CT molecular complexity index is 375. The molecule has 1 aromatic rings. The highest BCUT2D eigenvalue weighted by molar-refractivity contribution is 6.64. The monoisotopic (exact) mass is 227 g/mol. The summed E-state index contributed by atoms with van der Waals surface area (Å²) in [6, 6.07) is 6.41. The molecule has 0 aromatic heterocycles. The minimum Gasteiger partial charge on any atom is -0.497 e. The molecule has 1 aromatic carbocycles. The first-order valence-corrected chi connectivity index (χ1v) is 4.55. The minimum atomic E-state index is -0.809. The highest BCUT2D eigenvalue weighted by atomic mass is 35.5. The molecule has 0 radical (unpaired) electrons. The van der Waals surface area contributed by atoms with E-state index in [-0.39, 0.29) is 0 Å². The number of hydrogen-bond acceptors (Lipinski definition) is 3. The molecule has 0 aliphatic heterocycles. The highest BCUT2D eigenvalue weighted by Crippen LogP contribution is 2.13. The number of imide groups is 1. The summed E-state index contributed by atoms with van der Waals surface area (Å²) in [7, 11) is 2.85. The molecule has 80 valence electrons. The zero-order chi connectivity index (χ0) is 11.4. The van der Waals surface area contributed by atoms with Crippen LogP contribution in [0.2, 0.25) is 0 Å². The number of rotatable bonds is 2. The van der Waals surface area contributed by atoms with Gasteiger partial charge >= 0.3 is 5.37 Å². The van der Waals surface area contributed by atoms with E-state index in [2.05, 4.69) is 0 Å². The summed E-state index contributed by atoms with van der Waals surface area (Å²) in [6.07, 6.45) is 0. The van der Waals surface area contributed by atoms with Crippen LogP contribution in [0.15, 0.2) is 24.3 Å². The molecule has 0 aliphatic carbocycles. The third-order valence-corrected chi connectivity index (χ3v) is 2.16. The SMILES string of the molecule is COc1ccc(C(=O)N(C)C(=O)Cl)cc1. The van der Waals surface area contributed by atoms with Crippen molar-refractivity contribution in [2.24, 2.45) is 0 Å². The predicted octanol–water partition coefficient (Wildman–Crippen LogP) is 2.13. The molecular formula is C10H10ClNO3. The molecule has 0 heterocycles. The lowest BCUT2D eigenvalue weighted by molar-refractivity contribution is 0.0847. The van der Waals surface area contributed by atoms with Crippen LogP contribution in [-0.2, 0) is 0 Å². The van der Waals surface area contributed by atoms with Gasteiger partial charge in [-0.05, 0) is 35.9 Å². The van der Waals surface area contributed by atoms with Crippen LogP contribution in [-0.4, -0.2) is 30.3 Å². The number of carbonyl (C=O) groups is 2. The first kappa shape index (κ1) is 11.5. The summed E-state index contributed by atoms with van der Waals surface area (Å²) >= 11 is 5.17. The molecule has 2 amide bonds. The molecule has 4 nitrogen and oxygen atoms in total. The summed E-state index contributed by atoms with van der Waals surface area (Å²) in [5.41, 5.74) is 0.382. The van der Waals surface area contributed by atoms with Crippen molar-refractivity contribution in [3.05, 3.63) is 29.8 Å². The van der Waals surface area contributed by atoms with Crippen molar-refractivity contribution in [3.8, 4) is 5.75 Å². The molecule has 0 aliphatic rings. The normalized spacial score (nSPS) is 9.53. The van der Waals surface area contributed by atoms with Gasteiger partial charge in [-0.2, -0.15) is 0 Å². The summed E-state index contributed by atoms with van der Waals surface area (Å²) in [5, 5.41) is -0.809. The van der Waals surface area contributed by atoms with Crippen molar-refractivity contribution in [2.75, 3.05) is 14.2 Å². The van der Waals surface area contributed by atoms with Gasteiger partial charge in [-0.3, -0.25) is 14.5 Å². The molecule has 0 atom stereocenters. The second-order valence-electron chi connectivity index (χ2n) is 2.85. The van der Waals surface area contributed by atoms with E-state index in [1.54, 1.807) is 24.3 Å². The lowest BCUT2D eigenvalue weighted by atomic mass is 10.2. The Morgan fingerprint density at radius 3 is 2.20 bits per heavy atom. The van der Waals surface area contributed by atoms with Gasteiger partial charge in [0.05, 0.1) is 7.11 Å². The average molecular weight is 228 g/mol. The van der Waals surface area contributed by atoms with E-state index in [0.29, 0.717) is 11.3 Å². The Labute approximate surface area is 92.4 Å². The van der Waals surface area contributed by atoms with Crippen LogP contribution in [0.1, 0.15) is 10.4 Å². The van der Waals surface area contributed by atoms with Crippen molar-refractivity contribution < 1.29 is 14.3 Å². The van der Waals surface area contributed by atoms with Crippen LogP contribution < -0.4 is 4.74 Å². The standard InChI is InChI=1S/C10H10ClNO3/c1-12(10(11)14)9(13)7-3-5-8(15-2)6-4-7/h3-6H,1-2H3. The smallest absolute Gasteiger partial charge is 0.323 e. The van der Waals surface area contributed by atoms with Crippen LogP contribution in [0.3, 0.4) is 0 Å². The zero-order valence-electron chi connectivity index (χ0n) is 8.36. The van der Waals surface area contributed by atoms with Crippen molar-refractivity contribution in [3.63, 3.8) is 0 Å². The molecular weight excluding hydrogens is 218 g/mol. The molecule has 0 fully saturated rings. The summed E-state index contributed by atoms with van der Waals surface area (Å²) in [6.45, 7) is 0. The molecule has 0 bridgehead atoms. The second kappa shape index (κ2) is 4.79. The Morgan fingerprint density at radius 2 is 1.80 bits per heavy atom. The fraction of sp³-hybridized carbons (Fsp3) is 0.200. The van der Waals surface area contributed by atoms with Gasteiger partial charge in [0.15, 0.2) is 0 Å². The predicted molar refractivity (Wildman–Crippen MR) is 56.3 cm³/mol. The van der Waals surface area contributed by atoms with Gasteiger partial charge in [-0.25, -0.2) is 0 Å². The van der Waals surface area contributed by atoms with Crippen LogP contribution >= 0.6 is 11.6 Å². The number of ether oxygens (including phenoxy) is 1. The van der Waals surface area contributed by atoms with Gasteiger partial charge in [-0.15, -0.1) is 0 Å². The average Bonchev–Trinajstić information content (AvgIpc) is 2.27. The molecule has 0 unspecified atom stereocenters. The number of nitrogens with zero attached hydrogens (tertiary/aromatic N) is 1. The third-order valence-electron chi connectivity index (χ3n) is 1.91. The Morgan fingerprint density at radius 1 is 1.27 bits per heavy atom. The Kier molecular flexibility index (Phi) is 3.68. The van der Waals surface area contributed by atoms with E-state index < -0.39 is 11.3 Å². The molecule has 0 N–H and O–H groups in total. The quantitative estimate of drug-likeness (QED) is 0.574. The summed E-state index contributed by atoms with van der Waals surface area (Å²) < 4.78 is 4.94. The van der Waals surface area contributed by atoms with E-state index in [1.807, 2.05) is 0 Å². The number of halogens is 1. The van der Waals surface area contributed by atoms with Crippen molar-refractivity contribution in [2.45, 2.75) is 0 Å². The first-order chi connectivity index (χ1) is 7.06. The Hall–Kier alpha value is -1.55.